The van der Waals surface area contributed by atoms with Gasteiger partial charge in [-0.2, -0.15) is 0 Å². The van der Waals surface area contributed by atoms with Crippen LogP contribution >= 0.6 is 0 Å². The van der Waals surface area contributed by atoms with Gasteiger partial charge in [-0.25, -0.2) is 9.59 Å². The number of rotatable bonds is 17. The molecule has 0 heterocycles. The zero-order valence-corrected chi connectivity index (χ0v) is 33.7. The zero-order chi connectivity index (χ0) is 40.1. The van der Waals surface area contributed by atoms with Gasteiger partial charge in [-0.15, -0.1) is 0 Å². The minimum atomic E-state index is -0.900. The van der Waals surface area contributed by atoms with E-state index in [4.69, 9.17) is 16.9 Å². The molecule has 3 amide bonds. The van der Waals surface area contributed by atoms with Gasteiger partial charge in [0.05, 0.1) is 13.2 Å². The lowest BCUT2D eigenvalue weighted by atomic mass is 9.92. The SMILES string of the molecule is C=C(N)CC(NC(=O)C(C)CC(O)C(N)CC(C)C)C(C)C.CC=C(C)C.CCC(C)C.COC(=O)NCC(NC(=O)OCC(C)=N)C(C)=O. The molecule has 50 heavy (non-hydrogen) atoms. The Labute approximate surface area is 303 Å². The summed E-state index contributed by atoms with van der Waals surface area (Å²) >= 11 is 0. The first-order valence-corrected chi connectivity index (χ1v) is 17.5. The molecule has 0 saturated carbocycles. The Morgan fingerprint density at radius 3 is 1.76 bits per heavy atom. The van der Waals surface area contributed by atoms with Crippen molar-refractivity contribution in [1.29, 1.82) is 5.41 Å². The quantitative estimate of drug-likeness (QED) is 0.0710. The molecular weight excluding hydrogens is 640 g/mol. The fourth-order valence-electron chi connectivity index (χ4n) is 3.32. The van der Waals surface area contributed by atoms with Crippen LogP contribution in [0.2, 0.25) is 0 Å². The van der Waals surface area contributed by atoms with Crippen LogP contribution in [0, 0.1) is 29.1 Å². The Morgan fingerprint density at radius 1 is 0.920 bits per heavy atom. The van der Waals surface area contributed by atoms with E-state index in [1.807, 2.05) is 27.7 Å². The van der Waals surface area contributed by atoms with Crippen molar-refractivity contribution >= 4 is 29.6 Å². The maximum absolute atomic E-state index is 12.3. The molecule has 9 N–H and O–H groups in total. The fraction of sp³-hybridized carbons (Fsp3) is 0.757. The first kappa shape index (κ1) is 53.3. The predicted molar refractivity (Wildman–Crippen MR) is 205 cm³/mol. The smallest absolute Gasteiger partial charge is 0.408 e. The molecule has 0 bridgehead atoms. The number of amides is 3. The van der Waals surface area contributed by atoms with Crippen molar-refractivity contribution in [1.82, 2.24) is 16.0 Å². The van der Waals surface area contributed by atoms with Gasteiger partial charge in [0.25, 0.3) is 0 Å². The summed E-state index contributed by atoms with van der Waals surface area (Å²) in [6.45, 7) is 29.1. The number of nitrogens with two attached hydrogens (primary N) is 2. The summed E-state index contributed by atoms with van der Waals surface area (Å²) in [5, 5.41) is 24.8. The number of nitrogens with one attached hydrogen (secondary N) is 4. The number of allylic oxidation sites excluding steroid dienone is 2. The number of carbonyl (C=O) groups excluding carboxylic acids is 4. The number of methoxy groups -OCH3 is 1. The largest absolute Gasteiger partial charge is 0.453 e. The van der Waals surface area contributed by atoms with Crippen LogP contribution in [0.1, 0.15) is 116 Å². The average molecular weight is 715 g/mol. The third kappa shape index (κ3) is 35.8. The number of Topliss-reactive ketones (excluding diaryl/α,β-unsaturated/α-hetero) is 1. The second-order valence-electron chi connectivity index (χ2n) is 13.9. The number of aliphatic hydroxyl groups is 1. The van der Waals surface area contributed by atoms with Gasteiger partial charge in [-0.3, -0.25) is 9.59 Å². The summed E-state index contributed by atoms with van der Waals surface area (Å²) < 4.78 is 8.98. The fourth-order valence-corrected chi connectivity index (χ4v) is 3.32. The molecule has 0 aromatic heterocycles. The van der Waals surface area contributed by atoms with Gasteiger partial charge >= 0.3 is 12.2 Å². The normalized spacial score (nSPS) is 13.2. The number of hydrogen-bond acceptors (Lipinski definition) is 10. The molecule has 0 aliphatic carbocycles. The van der Waals surface area contributed by atoms with Gasteiger partial charge < -0.3 is 47.4 Å². The first-order chi connectivity index (χ1) is 22.9. The van der Waals surface area contributed by atoms with Gasteiger partial charge in [-0.05, 0) is 65.2 Å². The summed E-state index contributed by atoms with van der Waals surface area (Å²) in [7, 11) is 1.19. The van der Waals surface area contributed by atoms with Gasteiger partial charge in [0.15, 0.2) is 5.78 Å². The topological polar surface area (TPSA) is 219 Å². The molecule has 5 atom stereocenters. The first-order valence-electron chi connectivity index (χ1n) is 17.5. The minimum Gasteiger partial charge on any atom is -0.453 e. The lowest BCUT2D eigenvalue weighted by Gasteiger charge is -2.26. The molecule has 0 saturated heterocycles. The van der Waals surface area contributed by atoms with Crippen molar-refractivity contribution in [2.75, 3.05) is 20.3 Å². The Morgan fingerprint density at radius 2 is 1.42 bits per heavy atom. The highest BCUT2D eigenvalue weighted by atomic mass is 16.5. The van der Waals surface area contributed by atoms with E-state index in [0.717, 1.165) is 12.3 Å². The molecule has 0 aliphatic rings. The van der Waals surface area contributed by atoms with E-state index in [1.54, 1.807) is 0 Å². The summed E-state index contributed by atoms with van der Waals surface area (Å²) in [6.07, 6.45) is 2.88. The number of aliphatic hydroxyl groups excluding tert-OH is 1. The maximum atomic E-state index is 12.3. The molecule has 5 unspecified atom stereocenters. The van der Waals surface area contributed by atoms with E-state index in [1.165, 1.54) is 33.0 Å². The van der Waals surface area contributed by atoms with Crippen molar-refractivity contribution in [3.05, 3.63) is 23.9 Å². The molecule has 13 nitrogen and oxygen atoms in total. The highest BCUT2D eigenvalue weighted by molar-refractivity contribution is 5.87. The lowest BCUT2D eigenvalue weighted by Crippen LogP contribution is -2.48. The Hall–Kier alpha value is -3.45. The molecule has 0 fully saturated rings. The molecule has 0 rings (SSSR count). The average Bonchev–Trinajstić information content (AvgIpc) is 3.01. The molecule has 13 heteroatoms. The number of carbonyl (C=O) groups is 4. The number of hydrogen-bond donors (Lipinski definition) is 7. The van der Waals surface area contributed by atoms with Crippen LogP contribution < -0.4 is 27.4 Å². The van der Waals surface area contributed by atoms with Crippen molar-refractivity contribution in [3.63, 3.8) is 0 Å². The summed E-state index contributed by atoms with van der Waals surface area (Å²) in [5.41, 5.74) is 13.7. The monoisotopic (exact) mass is 715 g/mol. The van der Waals surface area contributed by atoms with Gasteiger partial charge in [-0.1, -0.05) is 80.0 Å². The minimum absolute atomic E-state index is 0.0334. The molecule has 0 aliphatic heterocycles. The standard InChI is InChI=1S/C17H35N3O2.C10H17N3O5.C5H12.C5H10/c1-10(2)7-14(19)16(21)8-12(5)17(22)20-15(11(3)4)9-13(6)18;1-6(11)5-18-10(16)13-8(7(2)14)4-12-9(15)17-3;2*1-4-5(2)3/h10-12,14-16,21H,6-9,18-19H2,1-5H3,(H,20,22);8,11H,4-5H2,1-3H3,(H,12,15)(H,13,16);5H,4H2,1-3H3;4H,1-3H3. The molecular formula is C37H74N6O7. The molecule has 294 valence electrons. The molecule has 0 aromatic rings. The van der Waals surface area contributed by atoms with E-state index >= 15 is 0 Å². The van der Waals surface area contributed by atoms with Gasteiger partial charge in [0, 0.05) is 42.4 Å². The van der Waals surface area contributed by atoms with Crippen LogP contribution in [-0.2, 0) is 19.1 Å². The van der Waals surface area contributed by atoms with Crippen LogP contribution in [0.15, 0.2) is 23.9 Å². The van der Waals surface area contributed by atoms with E-state index < -0.39 is 24.3 Å². The van der Waals surface area contributed by atoms with Crippen LogP contribution in [-0.4, -0.2) is 79.2 Å². The van der Waals surface area contributed by atoms with E-state index in [-0.39, 0.29) is 54.5 Å². The molecule has 0 aromatic carbocycles. The zero-order valence-electron chi connectivity index (χ0n) is 33.7. The Balaban J connectivity index is -0.000000336. The highest BCUT2D eigenvalue weighted by Gasteiger charge is 2.25. The predicted octanol–water partition coefficient (Wildman–Crippen LogP) is 5.84. The Kier molecular flexibility index (Phi) is 33.6. The second-order valence-corrected chi connectivity index (χ2v) is 13.9. The van der Waals surface area contributed by atoms with Crippen molar-refractivity contribution < 1.29 is 33.8 Å². The van der Waals surface area contributed by atoms with E-state index in [2.05, 4.69) is 86.5 Å². The van der Waals surface area contributed by atoms with Crippen molar-refractivity contribution in [2.24, 2.45) is 35.1 Å². The summed E-state index contributed by atoms with van der Waals surface area (Å²) in [6, 6.07) is -1.23. The summed E-state index contributed by atoms with van der Waals surface area (Å²) in [5.74, 6) is 0.875. The van der Waals surface area contributed by atoms with Crippen molar-refractivity contribution in [3.8, 4) is 0 Å². The summed E-state index contributed by atoms with van der Waals surface area (Å²) in [4.78, 5) is 45.6. The lowest BCUT2D eigenvalue weighted by molar-refractivity contribution is -0.126. The van der Waals surface area contributed by atoms with Crippen LogP contribution in [0.5, 0.6) is 0 Å². The third-order valence-electron chi connectivity index (χ3n) is 7.13. The number of ether oxygens (including phenoxy) is 2. The third-order valence-corrected chi connectivity index (χ3v) is 7.13. The van der Waals surface area contributed by atoms with Gasteiger partial charge in [0.2, 0.25) is 5.91 Å². The van der Waals surface area contributed by atoms with Crippen molar-refractivity contribution in [2.45, 2.75) is 140 Å². The molecule has 0 spiro atoms. The highest BCUT2D eigenvalue weighted by Crippen LogP contribution is 2.15. The molecule has 0 radical (unpaired) electrons. The van der Waals surface area contributed by atoms with Crippen LogP contribution in [0.4, 0.5) is 9.59 Å². The number of ketones is 1. The van der Waals surface area contributed by atoms with E-state index in [0.29, 0.717) is 24.5 Å². The Bertz CT molecular complexity index is 1010. The van der Waals surface area contributed by atoms with E-state index in [9.17, 15) is 24.3 Å². The van der Waals surface area contributed by atoms with Gasteiger partial charge in [0.1, 0.15) is 12.6 Å². The number of alkyl carbamates (subject to hydrolysis) is 2. The second kappa shape index (κ2) is 31.5. The van der Waals surface area contributed by atoms with Crippen LogP contribution in [0.25, 0.3) is 0 Å². The van der Waals surface area contributed by atoms with Crippen LogP contribution in [0.3, 0.4) is 0 Å². The maximum Gasteiger partial charge on any atom is 0.408 e.